The Morgan fingerprint density at radius 3 is 2.16 bits per heavy atom. The van der Waals surface area contributed by atoms with Crippen molar-refractivity contribution in [2.75, 3.05) is 5.75 Å². The highest BCUT2D eigenvalue weighted by molar-refractivity contribution is 7.85. The molecule has 0 aromatic heterocycles. The SMILES string of the molecule is CCC(C)(C)C(O)OC12CC3CC(C1)CC(C(=O)OC(CS(=O)(=O)O)C(F)(F)F)(C3)C2. The van der Waals surface area contributed by atoms with Gasteiger partial charge in [0.25, 0.3) is 10.1 Å². The van der Waals surface area contributed by atoms with Crippen LogP contribution >= 0.6 is 0 Å². The van der Waals surface area contributed by atoms with E-state index in [0.29, 0.717) is 32.1 Å². The van der Waals surface area contributed by atoms with Crippen molar-refractivity contribution in [3.8, 4) is 0 Å². The summed E-state index contributed by atoms with van der Waals surface area (Å²) in [5.74, 6) is -2.74. The number of esters is 1. The fourth-order valence-electron chi connectivity index (χ4n) is 5.77. The minimum absolute atomic E-state index is 0.0525. The topological polar surface area (TPSA) is 110 Å². The molecule has 0 amide bonds. The number of rotatable bonds is 8. The van der Waals surface area contributed by atoms with Gasteiger partial charge >= 0.3 is 12.1 Å². The van der Waals surface area contributed by atoms with E-state index < -0.39 is 56.8 Å². The van der Waals surface area contributed by atoms with E-state index in [4.69, 9.17) is 14.0 Å². The Hall–Kier alpha value is -0.910. The van der Waals surface area contributed by atoms with Crippen molar-refractivity contribution < 1.29 is 45.5 Å². The van der Waals surface area contributed by atoms with Crippen LogP contribution < -0.4 is 0 Å². The number of alkyl halides is 3. The molecule has 4 unspecified atom stereocenters. The normalized spacial score (nSPS) is 35.1. The maximum absolute atomic E-state index is 13.3. The Bertz CT molecular complexity index is 794. The van der Waals surface area contributed by atoms with E-state index in [1.165, 1.54) is 0 Å². The second kappa shape index (κ2) is 7.85. The highest BCUT2D eigenvalue weighted by atomic mass is 32.2. The summed E-state index contributed by atoms with van der Waals surface area (Å²) < 4.78 is 81.6. The number of carbonyl (C=O) groups is 1. The van der Waals surface area contributed by atoms with Crippen molar-refractivity contribution in [2.24, 2.45) is 22.7 Å². The lowest BCUT2D eigenvalue weighted by atomic mass is 9.48. The van der Waals surface area contributed by atoms with Gasteiger partial charge < -0.3 is 14.6 Å². The van der Waals surface area contributed by atoms with Crippen LogP contribution in [0, 0.1) is 22.7 Å². The fraction of sp³-hybridized carbons (Fsp3) is 0.950. The molecular formula is C20H31F3O7S. The van der Waals surface area contributed by atoms with Crippen LogP contribution in [0.1, 0.15) is 65.7 Å². The van der Waals surface area contributed by atoms with Gasteiger partial charge in [0, 0.05) is 5.41 Å². The average molecular weight is 473 g/mol. The summed E-state index contributed by atoms with van der Waals surface area (Å²) in [4.78, 5) is 13.0. The molecule has 2 N–H and O–H groups in total. The van der Waals surface area contributed by atoms with E-state index in [2.05, 4.69) is 0 Å². The van der Waals surface area contributed by atoms with Gasteiger partial charge in [0.2, 0.25) is 6.10 Å². The van der Waals surface area contributed by atoms with E-state index in [-0.39, 0.29) is 18.3 Å². The zero-order chi connectivity index (χ0) is 23.5. The summed E-state index contributed by atoms with van der Waals surface area (Å²) in [6.07, 6.45) is -5.65. The lowest BCUT2D eigenvalue weighted by Gasteiger charge is -2.61. The Morgan fingerprint density at radius 1 is 1.16 bits per heavy atom. The molecule has 0 aromatic rings. The molecule has 0 radical (unpaired) electrons. The van der Waals surface area contributed by atoms with Crippen molar-refractivity contribution in [1.29, 1.82) is 0 Å². The van der Waals surface area contributed by atoms with Crippen molar-refractivity contribution in [1.82, 2.24) is 0 Å². The molecule has 0 spiro atoms. The van der Waals surface area contributed by atoms with Crippen molar-refractivity contribution in [3.05, 3.63) is 0 Å². The molecule has 0 aliphatic heterocycles. The van der Waals surface area contributed by atoms with Gasteiger partial charge in [-0.2, -0.15) is 21.6 Å². The summed E-state index contributed by atoms with van der Waals surface area (Å²) >= 11 is 0. The molecule has 4 atom stereocenters. The van der Waals surface area contributed by atoms with E-state index in [1.807, 2.05) is 20.8 Å². The fourth-order valence-corrected chi connectivity index (χ4v) is 6.41. The van der Waals surface area contributed by atoms with Gasteiger partial charge in [-0.1, -0.05) is 20.8 Å². The van der Waals surface area contributed by atoms with Crippen LogP contribution in [0.2, 0.25) is 0 Å². The Morgan fingerprint density at radius 2 is 1.71 bits per heavy atom. The van der Waals surface area contributed by atoms with Crippen LogP contribution in [0.3, 0.4) is 0 Å². The monoisotopic (exact) mass is 472 g/mol. The van der Waals surface area contributed by atoms with Gasteiger partial charge in [0.05, 0.1) is 11.0 Å². The smallest absolute Gasteiger partial charge is 0.426 e. The molecule has 0 saturated heterocycles. The number of carbonyl (C=O) groups excluding carboxylic acids is 1. The molecular weight excluding hydrogens is 441 g/mol. The molecule has 0 heterocycles. The third-order valence-electron chi connectivity index (χ3n) is 7.36. The maximum atomic E-state index is 13.3. The summed E-state index contributed by atoms with van der Waals surface area (Å²) in [5.41, 5.74) is -2.58. The second-order valence-corrected chi connectivity index (χ2v) is 11.9. The maximum Gasteiger partial charge on any atom is 0.426 e. The number of hydrogen-bond acceptors (Lipinski definition) is 6. The molecule has 4 saturated carbocycles. The van der Waals surface area contributed by atoms with E-state index >= 15 is 0 Å². The molecule has 4 rings (SSSR count). The van der Waals surface area contributed by atoms with Gasteiger partial charge in [-0.05, 0) is 56.8 Å². The minimum atomic E-state index is -5.14. The minimum Gasteiger partial charge on any atom is -0.451 e. The quantitative estimate of drug-likeness (QED) is 0.316. The first-order valence-electron chi connectivity index (χ1n) is 10.6. The summed E-state index contributed by atoms with van der Waals surface area (Å²) in [7, 11) is -5.01. The Balaban J connectivity index is 1.83. The van der Waals surface area contributed by atoms with Crippen molar-refractivity contribution >= 4 is 16.1 Å². The lowest BCUT2D eigenvalue weighted by molar-refractivity contribution is -0.286. The van der Waals surface area contributed by atoms with Gasteiger partial charge in [0.15, 0.2) is 6.29 Å². The van der Waals surface area contributed by atoms with Crippen LogP contribution in [0.5, 0.6) is 0 Å². The highest BCUT2D eigenvalue weighted by Gasteiger charge is 2.63. The summed E-state index contributed by atoms with van der Waals surface area (Å²) in [6.45, 7) is 5.62. The first kappa shape index (κ1) is 24.7. The molecule has 4 bridgehead atoms. The van der Waals surface area contributed by atoms with Gasteiger partial charge in [-0.3, -0.25) is 9.35 Å². The van der Waals surface area contributed by atoms with Crippen molar-refractivity contribution in [3.63, 3.8) is 0 Å². The molecule has 180 valence electrons. The lowest BCUT2D eigenvalue weighted by Crippen LogP contribution is -2.61. The molecule has 11 heteroatoms. The first-order chi connectivity index (χ1) is 14.0. The van der Waals surface area contributed by atoms with Crippen molar-refractivity contribution in [2.45, 2.75) is 89.9 Å². The number of halogens is 3. The van der Waals surface area contributed by atoms with Crippen LogP contribution in [-0.4, -0.2) is 54.0 Å². The van der Waals surface area contributed by atoms with Gasteiger partial charge in [-0.25, -0.2) is 0 Å². The largest absolute Gasteiger partial charge is 0.451 e. The first-order valence-corrected chi connectivity index (χ1v) is 12.2. The van der Waals surface area contributed by atoms with Gasteiger partial charge in [-0.15, -0.1) is 0 Å². The van der Waals surface area contributed by atoms with E-state index in [1.54, 1.807) is 0 Å². The summed E-state index contributed by atoms with van der Waals surface area (Å²) in [6, 6.07) is 0. The predicted octanol–water partition coefficient (Wildman–Crippen LogP) is 3.46. The highest BCUT2D eigenvalue weighted by Crippen LogP contribution is 2.63. The molecule has 4 aliphatic carbocycles. The zero-order valence-electron chi connectivity index (χ0n) is 17.9. The standard InChI is InChI=1S/C20H31F3O7S/c1-4-17(2,3)15(24)30-19-8-12-5-13(9-19)7-18(6-12,11-19)16(25)29-14(20(21,22)23)10-31(26,27)28/h12-15,24H,4-11H2,1-3H3,(H,26,27,28). The van der Waals surface area contributed by atoms with Crippen LogP contribution in [-0.2, 0) is 24.4 Å². The second-order valence-electron chi connectivity index (χ2n) is 10.4. The van der Waals surface area contributed by atoms with Crippen LogP contribution in [0.15, 0.2) is 0 Å². The predicted molar refractivity (Wildman–Crippen MR) is 103 cm³/mol. The average Bonchev–Trinajstić information content (AvgIpc) is 2.57. The Kier molecular flexibility index (Phi) is 6.26. The third kappa shape index (κ3) is 5.20. The molecule has 0 aromatic carbocycles. The number of aliphatic hydroxyl groups is 1. The summed E-state index contributed by atoms with van der Waals surface area (Å²) in [5, 5.41) is 10.7. The molecule has 31 heavy (non-hydrogen) atoms. The Labute approximate surface area is 180 Å². The molecule has 7 nitrogen and oxygen atoms in total. The van der Waals surface area contributed by atoms with Gasteiger partial charge in [0.1, 0.15) is 5.75 Å². The number of ether oxygens (including phenoxy) is 2. The van der Waals surface area contributed by atoms with E-state index in [0.717, 1.165) is 6.42 Å². The molecule has 4 fully saturated rings. The van der Waals surface area contributed by atoms with E-state index in [9.17, 15) is 31.5 Å². The number of aliphatic hydroxyl groups excluding tert-OH is 1. The zero-order valence-corrected chi connectivity index (χ0v) is 18.8. The number of hydrogen-bond donors (Lipinski definition) is 2. The molecule has 4 aliphatic rings. The van der Waals surface area contributed by atoms with Crippen LogP contribution in [0.4, 0.5) is 13.2 Å². The third-order valence-corrected chi connectivity index (χ3v) is 8.08. The van der Waals surface area contributed by atoms with Crippen LogP contribution in [0.25, 0.3) is 0 Å².